The molecule has 0 spiro atoms. The van der Waals surface area contributed by atoms with Crippen molar-refractivity contribution in [3.05, 3.63) is 71.9 Å². The predicted molar refractivity (Wildman–Crippen MR) is 90.3 cm³/mol. The minimum atomic E-state index is -3.96. The van der Waals surface area contributed by atoms with E-state index in [0.29, 0.717) is 5.56 Å². The number of aromatic nitrogens is 2. The third-order valence-electron chi connectivity index (χ3n) is 3.56. The quantitative estimate of drug-likeness (QED) is 0.751. The molecule has 0 aliphatic carbocycles. The van der Waals surface area contributed by atoms with E-state index in [2.05, 4.69) is 9.93 Å². The van der Waals surface area contributed by atoms with Gasteiger partial charge in [0.15, 0.2) is 0 Å². The molecule has 1 N–H and O–H groups in total. The van der Waals surface area contributed by atoms with Crippen LogP contribution in [0.15, 0.2) is 65.6 Å². The summed E-state index contributed by atoms with van der Waals surface area (Å²) >= 11 is 0. The average Bonchev–Trinajstić information content (AvgIpc) is 3.00. The molecule has 0 atom stereocenters. The zero-order chi connectivity index (χ0) is 18.0. The highest BCUT2D eigenvalue weighted by molar-refractivity contribution is 7.92. The highest BCUT2D eigenvalue weighted by Gasteiger charge is 2.21. The number of nitrogens with one attached hydrogen (secondary N) is 1. The second kappa shape index (κ2) is 6.64. The summed E-state index contributed by atoms with van der Waals surface area (Å²) in [5, 5.41) is 3.70. The molecular weight excluding hydrogens is 348 g/mol. The molecule has 0 radical (unpaired) electrons. The molecule has 3 rings (SSSR count). The van der Waals surface area contributed by atoms with Gasteiger partial charge in [0, 0.05) is 5.56 Å². The van der Waals surface area contributed by atoms with Crippen molar-refractivity contribution in [3.63, 3.8) is 0 Å². The van der Waals surface area contributed by atoms with Gasteiger partial charge in [-0.1, -0.05) is 48.0 Å². The molecule has 0 aliphatic rings. The lowest BCUT2D eigenvalue weighted by Gasteiger charge is -2.11. The first-order valence-electron chi connectivity index (χ1n) is 7.40. The summed E-state index contributed by atoms with van der Waals surface area (Å²) < 4.78 is 51.0. The molecule has 0 saturated carbocycles. The van der Waals surface area contributed by atoms with Crippen molar-refractivity contribution in [2.24, 2.45) is 0 Å². The molecular formula is C17H15F2N3O2S. The van der Waals surface area contributed by atoms with Crippen molar-refractivity contribution >= 4 is 10.0 Å². The first-order valence-corrected chi connectivity index (χ1v) is 8.88. The maximum Gasteiger partial charge on any atom is 0.282 e. The van der Waals surface area contributed by atoms with Gasteiger partial charge >= 0.3 is 0 Å². The summed E-state index contributed by atoms with van der Waals surface area (Å²) in [5.41, 5.74) is 1.29. The maximum absolute atomic E-state index is 13.0. The molecule has 0 fully saturated rings. The van der Waals surface area contributed by atoms with Gasteiger partial charge in [-0.05, 0) is 25.1 Å². The van der Waals surface area contributed by atoms with Gasteiger partial charge < -0.3 is 0 Å². The molecule has 0 bridgehead atoms. The van der Waals surface area contributed by atoms with Crippen molar-refractivity contribution < 1.29 is 17.2 Å². The Morgan fingerprint density at radius 1 is 1.04 bits per heavy atom. The SMILES string of the molecule is Cc1ccc(-c2cc(C(F)F)nn2NS(=O)(=O)c2ccccc2)cc1. The molecule has 1 heterocycles. The van der Waals surface area contributed by atoms with Gasteiger partial charge in [0.05, 0.1) is 10.6 Å². The fraction of sp³-hybridized carbons (Fsp3) is 0.118. The van der Waals surface area contributed by atoms with Crippen molar-refractivity contribution in [3.8, 4) is 11.3 Å². The standard InChI is InChI=1S/C17H15F2N3O2S/c1-12-7-9-13(10-8-12)16-11-15(17(18)19)20-22(16)21-25(23,24)14-5-3-2-4-6-14/h2-11,17,21H,1H3. The number of hydrogen-bond acceptors (Lipinski definition) is 3. The number of aryl methyl sites for hydroxylation is 1. The fourth-order valence-corrected chi connectivity index (χ4v) is 3.26. The molecule has 3 aromatic rings. The molecule has 1 aromatic heterocycles. The molecule has 130 valence electrons. The number of nitrogens with zero attached hydrogens (tertiary/aromatic N) is 2. The summed E-state index contributed by atoms with van der Waals surface area (Å²) in [6.45, 7) is 1.89. The van der Waals surface area contributed by atoms with E-state index in [4.69, 9.17) is 0 Å². The van der Waals surface area contributed by atoms with E-state index < -0.39 is 22.1 Å². The van der Waals surface area contributed by atoms with Crippen molar-refractivity contribution in [1.29, 1.82) is 0 Å². The number of rotatable bonds is 5. The van der Waals surface area contributed by atoms with Crippen LogP contribution in [0.25, 0.3) is 11.3 Å². The van der Waals surface area contributed by atoms with E-state index >= 15 is 0 Å². The second-order valence-electron chi connectivity index (χ2n) is 5.44. The van der Waals surface area contributed by atoms with Crippen LogP contribution < -0.4 is 4.83 Å². The van der Waals surface area contributed by atoms with Crippen LogP contribution in [0.1, 0.15) is 17.7 Å². The summed E-state index contributed by atoms with van der Waals surface area (Å²) in [6, 6.07) is 15.9. The first-order chi connectivity index (χ1) is 11.9. The predicted octanol–water partition coefficient (Wildman–Crippen LogP) is 3.73. The number of hydrogen-bond donors (Lipinski definition) is 1. The van der Waals surface area contributed by atoms with Crippen LogP contribution in [0.4, 0.5) is 8.78 Å². The van der Waals surface area contributed by atoms with Gasteiger partial charge in [-0.3, -0.25) is 0 Å². The van der Waals surface area contributed by atoms with Crippen LogP contribution in [0.5, 0.6) is 0 Å². The lowest BCUT2D eigenvalue weighted by atomic mass is 10.1. The molecule has 0 saturated heterocycles. The zero-order valence-electron chi connectivity index (χ0n) is 13.2. The van der Waals surface area contributed by atoms with Gasteiger partial charge in [0.1, 0.15) is 5.69 Å². The van der Waals surface area contributed by atoms with Crippen molar-refractivity contribution in [2.45, 2.75) is 18.2 Å². The topological polar surface area (TPSA) is 64.0 Å². The van der Waals surface area contributed by atoms with E-state index in [1.165, 1.54) is 18.2 Å². The monoisotopic (exact) mass is 363 g/mol. The number of halogens is 2. The van der Waals surface area contributed by atoms with Crippen LogP contribution in [-0.4, -0.2) is 18.3 Å². The molecule has 8 heteroatoms. The van der Waals surface area contributed by atoms with Crippen LogP contribution >= 0.6 is 0 Å². The Kier molecular flexibility index (Phi) is 4.54. The third kappa shape index (κ3) is 3.69. The molecule has 0 amide bonds. The molecule has 2 aromatic carbocycles. The van der Waals surface area contributed by atoms with E-state index in [1.54, 1.807) is 42.5 Å². The van der Waals surface area contributed by atoms with Gasteiger partial charge in [0.25, 0.3) is 16.4 Å². The highest BCUT2D eigenvalue weighted by Crippen LogP contribution is 2.26. The van der Waals surface area contributed by atoms with Gasteiger partial charge in [-0.15, -0.1) is 0 Å². The van der Waals surface area contributed by atoms with Crippen LogP contribution in [0.2, 0.25) is 0 Å². The van der Waals surface area contributed by atoms with Crippen molar-refractivity contribution in [2.75, 3.05) is 4.83 Å². The van der Waals surface area contributed by atoms with Crippen LogP contribution in [0.3, 0.4) is 0 Å². The molecule has 0 aliphatic heterocycles. The lowest BCUT2D eigenvalue weighted by molar-refractivity contribution is 0.145. The highest BCUT2D eigenvalue weighted by atomic mass is 32.2. The van der Waals surface area contributed by atoms with Gasteiger partial charge in [0.2, 0.25) is 0 Å². The Morgan fingerprint density at radius 2 is 1.68 bits per heavy atom. The van der Waals surface area contributed by atoms with E-state index in [0.717, 1.165) is 10.4 Å². The van der Waals surface area contributed by atoms with E-state index in [9.17, 15) is 17.2 Å². The zero-order valence-corrected chi connectivity index (χ0v) is 14.0. The molecule has 0 unspecified atom stereocenters. The average molecular weight is 363 g/mol. The number of sulfonamides is 1. The second-order valence-corrected chi connectivity index (χ2v) is 7.10. The summed E-state index contributed by atoms with van der Waals surface area (Å²) in [4.78, 5) is 3.12. The summed E-state index contributed by atoms with van der Waals surface area (Å²) in [6.07, 6.45) is -2.81. The largest absolute Gasteiger partial charge is 0.282 e. The maximum atomic E-state index is 13.0. The Balaban J connectivity index is 2.05. The third-order valence-corrected chi connectivity index (χ3v) is 4.87. The Hall–Kier alpha value is -2.74. The Labute approximate surface area is 143 Å². The van der Waals surface area contributed by atoms with Crippen molar-refractivity contribution in [1.82, 2.24) is 9.89 Å². The van der Waals surface area contributed by atoms with E-state index in [1.807, 2.05) is 6.92 Å². The smallest absolute Gasteiger partial charge is 0.203 e. The first kappa shape index (κ1) is 17.1. The minimum Gasteiger partial charge on any atom is -0.203 e. The Bertz CT molecular complexity index is 969. The summed E-state index contributed by atoms with van der Waals surface area (Å²) in [7, 11) is -3.96. The van der Waals surface area contributed by atoms with Crippen LogP contribution in [-0.2, 0) is 10.0 Å². The van der Waals surface area contributed by atoms with Gasteiger partial charge in [-0.2, -0.15) is 23.1 Å². The van der Waals surface area contributed by atoms with Crippen LogP contribution in [0, 0.1) is 6.92 Å². The molecule has 25 heavy (non-hydrogen) atoms. The normalized spacial score (nSPS) is 11.7. The summed E-state index contributed by atoms with van der Waals surface area (Å²) in [5.74, 6) is 0. The number of benzene rings is 2. The minimum absolute atomic E-state index is 0.0129. The number of alkyl halides is 2. The Morgan fingerprint density at radius 3 is 2.28 bits per heavy atom. The molecule has 5 nitrogen and oxygen atoms in total. The fourth-order valence-electron chi connectivity index (χ4n) is 2.27. The van der Waals surface area contributed by atoms with E-state index in [-0.39, 0.29) is 10.6 Å². The van der Waals surface area contributed by atoms with Gasteiger partial charge in [-0.25, -0.2) is 8.78 Å². The lowest BCUT2D eigenvalue weighted by Crippen LogP contribution is -2.25.